The monoisotopic (exact) mass is 294 g/mol. The number of amides is 1. The van der Waals surface area contributed by atoms with E-state index in [2.05, 4.69) is 6.07 Å². The number of hydrogen-bond acceptors (Lipinski definition) is 4. The third-order valence-electron chi connectivity index (χ3n) is 3.05. The van der Waals surface area contributed by atoms with Crippen LogP contribution in [-0.2, 0) is 6.42 Å². The lowest BCUT2D eigenvalue weighted by atomic mass is 10.1. The van der Waals surface area contributed by atoms with Gasteiger partial charge in [0.2, 0.25) is 5.91 Å². The zero-order valence-electron chi connectivity index (χ0n) is 11.8. The molecule has 0 spiro atoms. The number of benzene rings is 2. The minimum atomic E-state index is -0.580. The van der Waals surface area contributed by atoms with Crippen molar-refractivity contribution >= 4 is 11.7 Å². The van der Waals surface area contributed by atoms with Crippen LogP contribution in [0.5, 0.6) is 5.75 Å². The Labute approximate surface area is 127 Å². The normalized spacial score (nSPS) is 9.77. The van der Waals surface area contributed by atoms with Crippen molar-refractivity contribution < 1.29 is 14.3 Å². The van der Waals surface area contributed by atoms with Crippen LogP contribution in [0.1, 0.15) is 26.3 Å². The van der Waals surface area contributed by atoms with E-state index in [9.17, 15) is 9.59 Å². The van der Waals surface area contributed by atoms with Crippen LogP contribution in [0.2, 0.25) is 0 Å². The Bertz CT molecular complexity index is 730. The number of nitrogens with zero attached hydrogens (tertiary/aromatic N) is 1. The first-order valence-electron chi connectivity index (χ1n) is 6.62. The Morgan fingerprint density at radius 1 is 1.09 bits per heavy atom. The van der Waals surface area contributed by atoms with Crippen molar-refractivity contribution in [1.29, 1.82) is 5.26 Å². The van der Waals surface area contributed by atoms with Crippen molar-refractivity contribution in [2.45, 2.75) is 6.42 Å². The molecular weight excluding hydrogens is 280 g/mol. The molecule has 0 aliphatic carbocycles. The number of Topliss-reactive ketones (excluding diaryl/α,β-unsaturated/α-hetero) is 1. The summed E-state index contributed by atoms with van der Waals surface area (Å²) in [5.41, 5.74) is 6.72. The van der Waals surface area contributed by atoms with Crippen molar-refractivity contribution in [3.8, 4) is 11.8 Å². The maximum atomic E-state index is 12.0. The van der Waals surface area contributed by atoms with Gasteiger partial charge < -0.3 is 10.5 Å². The summed E-state index contributed by atoms with van der Waals surface area (Å²) in [7, 11) is 0. The topological polar surface area (TPSA) is 93.2 Å². The molecule has 110 valence electrons. The van der Waals surface area contributed by atoms with Crippen LogP contribution >= 0.6 is 0 Å². The number of nitrogens with two attached hydrogens (primary N) is 1. The molecule has 1 amide bonds. The second kappa shape index (κ2) is 7.04. The number of hydrogen-bond donors (Lipinski definition) is 1. The number of ketones is 1. The first kappa shape index (κ1) is 15.3. The number of nitriles is 1. The molecule has 5 heteroatoms. The average Bonchev–Trinajstić information content (AvgIpc) is 2.54. The zero-order valence-corrected chi connectivity index (χ0v) is 11.8. The standard InChI is InChI=1S/C17H14N2O3/c18-9-8-12-4-6-15(7-5-12)22-11-16(20)13-2-1-3-14(10-13)17(19)21/h1-7,10H,8,11H2,(H2,19,21). The molecule has 0 atom stereocenters. The van der Waals surface area contributed by atoms with Crippen LogP contribution in [0.25, 0.3) is 0 Å². The van der Waals surface area contributed by atoms with E-state index in [1.807, 2.05) is 0 Å². The van der Waals surface area contributed by atoms with Crippen molar-refractivity contribution in [2.24, 2.45) is 5.73 Å². The quantitative estimate of drug-likeness (QED) is 0.826. The highest BCUT2D eigenvalue weighted by atomic mass is 16.5. The molecule has 0 unspecified atom stereocenters. The highest BCUT2D eigenvalue weighted by molar-refractivity contribution is 6.00. The first-order chi connectivity index (χ1) is 10.6. The van der Waals surface area contributed by atoms with Crippen molar-refractivity contribution in [1.82, 2.24) is 0 Å². The molecule has 0 aromatic heterocycles. The fraction of sp³-hybridized carbons (Fsp3) is 0.118. The third-order valence-corrected chi connectivity index (χ3v) is 3.05. The van der Waals surface area contributed by atoms with E-state index in [0.29, 0.717) is 17.7 Å². The summed E-state index contributed by atoms with van der Waals surface area (Å²) in [5, 5.41) is 8.59. The average molecular weight is 294 g/mol. The van der Waals surface area contributed by atoms with Crippen molar-refractivity contribution in [2.75, 3.05) is 6.61 Å². The summed E-state index contributed by atoms with van der Waals surface area (Å²) in [6.45, 7) is -0.139. The number of carbonyl (C=O) groups excluding carboxylic acids is 2. The van der Waals surface area contributed by atoms with E-state index >= 15 is 0 Å². The predicted molar refractivity (Wildman–Crippen MR) is 80.5 cm³/mol. The van der Waals surface area contributed by atoms with E-state index in [4.69, 9.17) is 15.7 Å². The van der Waals surface area contributed by atoms with Crippen LogP contribution in [0.4, 0.5) is 0 Å². The predicted octanol–water partition coefficient (Wildman–Crippen LogP) is 2.11. The second-order valence-electron chi connectivity index (χ2n) is 4.64. The molecule has 0 saturated carbocycles. The summed E-state index contributed by atoms with van der Waals surface area (Å²) in [6, 6.07) is 15.2. The van der Waals surface area contributed by atoms with E-state index in [1.165, 1.54) is 6.07 Å². The van der Waals surface area contributed by atoms with Gasteiger partial charge in [0, 0.05) is 11.1 Å². The summed E-state index contributed by atoms with van der Waals surface area (Å²) in [5.74, 6) is -0.283. The molecule has 2 aromatic carbocycles. The Kier molecular flexibility index (Phi) is 4.89. The van der Waals surface area contributed by atoms with Crippen LogP contribution in [0.3, 0.4) is 0 Å². The van der Waals surface area contributed by atoms with Gasteiger partial charge in [-0.05, 0) is 29.8 Å². The Morgan fingerprint density at radius 2 is 1.77 bits per heavy atom. The van der Waals surface area contributed by atoms with Crippen molar-refractivity contribution in [3.63, 3.8) is 0 Å². The molecule has 0 aliphatic rings. The minimum absolute atomic E-state index is 0.139. The number of primary amides is 1. The van der Waals surface area contributed by atoms with E-state index in [1.54, 1.807) is 42.5 Å². The lowest BCUT2D eigenvalue weighted by molar-refractivity contribution is 0.0921. The van der Waals surface area contributed by atoms with E-state index in [0.717, 1.165) is 5.56 Å². The van der Waals surface area contributed by atoms with Gasteiger partial charge in [0.1, 0.15) is 5.75 Å². The first-order valence-corrected chi connectivity index (χ1v) is 6.62. The molecule has 0 saturated heterocycles. The van der Waals surface area contributed by atoms with Gasteiger partial charge in [0.05, 0.1) is 12.5 Å². The minimum Gasteiger partial charge on any atom is -0.485 e. The summed E-state index contributed by atoms with van der Waals surface area (Å²) in [4.78, 5) is 23.1. The van der Waals surface area contributed by atoms with Gasteiger partial charge >= 0.3 is 0 Å². The lowest BCUT2D eigenvalue weighted by Gasteiger charge is -2.06. The van der Waals surface area contributed by atoms with E-state index < -0.39 is 5.91 Å². The second-order valence-corrected chi connectivity index (χ2v) is 4.64. The molecule has 5 nitrogen and oxygen atoms in total. The van der Waals surface area contributed by atoms with Crippen LogP contribution in [-0.4, -0.2) is 18.3 Å². The van der Waals surface area contributed by atoms with E-state index in [-0.39, 0.29) is 18.0 Å². The highest BCUT2D eigenvalue weighted by Crippen LogP contribution is 2.13. The largest absolute Gasteiger partial charge is 0.485 e. The maximum absolute atomic E-state index is 12.0. The van der Waals surface area contributed by atoms with Gasteiger partial charge in [0.15, 0.2) is 12.4 Å². The van der Waals surface area contributed by atoms with Crippen LogP contribution in [0.15, 0.2) is 48.5 Å². The fourth-order valence-electron chi connectivity index (χ4n) is 1.87. The Balaban J connectivity index is 1.99. The van der Waals surface area contributed by atoms with Gasteiger partial charge in [-0.1, -0.05) is 24.3 Å². The molecule has 0 aliphatic heterocycles. The Morgan fingerprint density at radius 3 is 2.41 bits per heavy atom. The van der Waals surface area contributed by atoms with Crippen LogP contribution in [0, 0.1) is 11.3 Å². The molecular formula is C17H14N2O3. The molecule has 2 N–H and O–H groups in total. The SMILES string of the molecule is N#CCc1ccc(OCC(=O)c2cccc(C(N)=O)c2)cc1. The molecule has 22 heavy (non-hydrogen) atoms. The van der Waals surface area contributed by atoms with Gasteiger partial charge in [-0.25, -0.2) is 0 Å². The van der Waals surface area contributed by atoms with Gasteiger partial charge in [-0.3, -0.25) is 9.59 Å². The molecule has 0 radical (unpaired) electrons. The molecule has 0 heterocycles. The number of carbonyl (C=O) groups is 2. The van der Waals surface area contributed by atoms with Crippen LogP contribution < -0.4 is 10.5 Å². The third kappa shape index (κ3) is 3.93. The van der Waals surface area contributed by atoms with Gasteiger partial charge in [0.25, 0.3) is 0 Å². The molecule has 0 bridgehead atoms. The highest BCUT2D eigenvalue weighted by Gasteiger charge is 2.09. The van der Waals surface area contributed by atoms with Crippen molar-refractivity contribution in [3.05, 3.63) is 65.2 Å². The maximum Gasteiger partial charge on any atom is 0.248 e. The molecule has 0 fully saturated rings. The molecule has 2 aromatic rings. The smallest absolute Gasteiger partial charge is 0.248 e. The Hall–Kier alpha value is -3.13. The van der Waals surface area contributed by atoms with Gasteiger partial charge in [-0.2, -0.15) is 5.26 Å². The fourth-order valence-corrected chi connectivity index (χ4v) is 1.87. The van der Waals surface area contributed by atoms with Gasteiger partial charge in [-0.15, -0.1) is 0 Å². The number of ether oxygens (including phenoxy) is 1. The lowest BCUT2D eigenvalue weighted by Crippen LogP contribution is -2.15. The molecule has 2 rings (SSSR count). The summed E-state index contributed by atoms with van der Waals surface area (Å²) in [6.07, 6.45) is 0.332. The summed E-state index contributed by atoms with van der Waals surface area (Å²) < 4.78 is 5.41. The summed E-state index contributed by atoms with van der Waals surface area (Å²) >= 11 is 0. The number of rotatable bonds is 6. The zero-order chi connectivity index (χ0) is 15.9.